The van der Waals surface area contributed by atoms with Crippen LogP contribution in [0.15, 0.2) is 30.3 Å². The minimum absolute atomic E-state index is 0.0141. The van der Waals surface area contributed by atoms with Gasteiger partial charge >= 0.3 is 0 Å². The normalized spacial score (nSPS) is 22.8. The Hall–Kier alpha value is -1.88. The molecule has 1 fully saturated rings. The number of hydrogen-bond acceptors (Lipinski definition) is 2. The van der Waals surface area contributed by atoms with Gasteiger partial charge in [-0.1, -0.05) is 30.3 Å². The van der Waals surface area contributed by atoms with Crippen molar-refractivity contribution in [2.24, 2.45) is 11.7 Å². The molecule has 5 heteroatoms. The summed E-state index contributed by atoms with van der Waals surface area (Å²) in [4.78, 5) is 26.7. The molecule has 2 rings (SSSR count). The van der Waals surface area contributed by atoms with Gasteiger partial charge in [0.05, 0.1) is 19.1 Å². The van der Waals surface area contributed by atoms with Crippen LogP contribution in [0.3, 0.4) is 0 Å². The number of nitrogens with two attached hydrogens (primary N) is 1. The molecule has 0 saturated carbocycles. The number of nitrogens with zero attached hydrogens (tertiary/aromatic N) is 1. The molecule has 5 nitrogen and oxygen atoms in total. The minimum Gasteiger partial charge on any atom is -0.369 e. The van der Waals surface area contributed by atoms with Gasteiger partial charge in [-0.15, -0.1) is 0 Å². The van der Waals surface area contributed by atoms with Crippen molar-refractivity contribution in [2.45, 2.75) is 25.8 Å². The highest BCUT2D eigenvalue weighted by molar-refractivity contribution is 5.77. The van der Waals surface area contributed by atoms with E-state index in [2.05, 4.69) is 0 Å². The van der Waals surface area contributed by atoms with E-state index in [1.54, 1.807) is 0 Å². The number of carbonyl (C=O) groups excluding carboxylic acids is 2. The Kier molecular flexibility index (Phi) is 5.55. The zero-order valence-electron chi connectivity index (χ0n) is 13.4. The van der Waals surface area contributed by atoms with Crippen molar-refractivity contribution in [3.05, 3.63) is 35.9 Å². The number of rotatable bonds is 5. The molecule has 3 N–H and O–H groups in total. The molecule has 0 radical (unpaired) electrons. The van der Waals surface area contributed by atoms with Crippen molar-refractivity contribution in [3.8, 4) is 0 Å². The lowest BCUT2D eigenvalue weighted by Gasteiger charge is -2.30. The molecule has 120 valence electrons. The second-order valence-electron chi connectivity index (χ2n) is 6.19. The van der Waals surface area contributed by atoms with Gasteiger partial charge < -0.3 is 15.5 Å². The van der Waals surface area contributed by atoms with Gasteiger partial charge in [0.1, 0.15) is 0 Å². The lowest BCUT2D eigenvalue weighted by molar-refractivity contribution is -0.898. The summed E-state index contributed by atoms with van der Waals surface area (Å²) in [5.41, 5.74) is 6.48. The molecule has 1 atom stereocenters. The van der Waals surface area contributed by atoms with E-state index < -0.39 is 0 Å². The zero-order chi connectivity index (χ0) is 16.1. The number of amides is 2. The first-order chi connectivity index (χ1) is 10.5. The lowest BCUT2D eigenvalue weighted by Crippen LogP contribution is -3.14. The van der Waals surface area contributed by atoms with Crippen LogP contribution in [0, 0.1) is 5.92 Å². The largest absolute Gasteiger partial charge is 0.369 e. The quantitative estimate of drug-likeness (QED) is 0.803. The van der Waals surface area contributed by atoms with E-state index in [0.717, 1.165) is 31.5 Å². The average molecular weight is 304 g/mol. The molecule has 1 saturated heterocycles. The van der Waals surface area contributed by atoms with Crippen LogP contribution < -0.4 is 10.6 Å². The maximum Gasteiger partial charge on any atom is 0.278 e. The first-order valence-corrected chi connectivity index (χ1v) is 7.92. The van der Waals surface area contributed by atoms with Gasteiger partial charge in [-0.2, -0.15) is 0 Å². The Bertz CT molecular complexity index is 510. The van der Waals surface area contributed by atoms with Gasteiger partial charge in [0.25, 0.3) is 5.91 Å². The summed E-state index contributed by atoms with van der Waals surface area (Å²) in [7, 11) is 1.86. The monoisotopic (exact) mass is 304 g/mol. The van der Waals surface area contributed by atoms with Crippen LogP contribution in [-0.4, -0.2) is 43.4 Å². The van der Waals surface area contributed by atoms with Crippen LogP contribution in [0.2, 0.25) is 0 Å². The van der Waals surface area contributed by atoms with Crippen molar-refractivity contribution in [1.82, 2.24) is 4.90 Å². The Balaban J connectivity index is 1.86. The van der Waals surface area contributed by atoms with E-state index in [-0.39, 0.29) is 23.8 Å². The van der Waals surface area contributed by atoms with Crippen molar-refractivity contribution in [1.29, 1.82) is 0 Å². The van der Waals surface area contributed by atoms with Gasteiger partial charge in [-0.3, -0.25) is 9.59 Å². The van der Waals surface area contributed by atoms with E-state index >= 15 is 0 Å². The van der Waals surface area contributed by atoms with Crippen molar-refractivity contribution < 1.29 is 14.5 Å². The number of nitrogens with one attached hydrogen (secondary N) is 1. The van der Waals surface area contributed by atoms with Crippen LogP contribution >= 0.6 is 0 Å². The predicted octanol–water partition coefficient (Wildman–Crippen LogP) is -0.0138. The van der Waals surface area contributed by atoms with Crippen molar-refractivity contribution in [3.63, 3.8) is 0 Å². The molecule has 0 unspecified atom stereocenters. The van der Waals surface area contributed by atoms with Gasteiger partial charge in [-0.25, -0.2) is 0 Å². The Labute approximate surface area is 132 Å². The van der Waals surface area contributed by atoms with E-state index in [4.69, 9.17) is 5.73 Å². The highest BCUT2D eigenvalue weighted by atomic mass is 16.2. The molecule has 0 aromatic heterocycles. The zero-order valence-corrected chi connectivity index (χ0v) is 13.4. The first kappa shape index (κ1) is 16.5. The number of piperidine rings is 1. The van der Waals surface area contributed by atoms with Gasteiger partial charge in [0, 0.05) is 25.8 Å². The van der Waals surface area contributed by atoms with Gasteiger partial charge in [-0.05, 0) is 12.5 Å². The van der Waals surface area contributed by atoms with Crippen LogP contribution in [0.4, 0.5) is 0 Å². The Morgan fingerprint density at radius 2 is 1.86 bits per heavy atom. The van der Waals surface area contributed by atoms with E-state index in [1.165, 1.54) is 4.90 Å². The molecule has 1 aliphatic rings. The number of carbonyl (C=O) groups is 2. The second kappa shape index (κ2) is 7.40. The average Bonchev–Trinajstić information content (AvgIpc) is 2.54. The molecule has 0 bridgehead atoms. The standard InChI is InChI=1S/C17H25N3O2/c1-13(14-6-4-3-5-7-14)19(2)16(21)12-20-10-8-15(9-11-20)17(18)22/h3-7,13,15H,8-12H2,1-2H3,(H2,18,22)/p+1/t13-/m1/s1. The van der Waals surface area contributed by atoms with Gasteiger partial charge in [0.2, 0.25) is 5.91 Å². The lowest BCUT2D eigenvalue weighted by atomic mass is 9.96. The summed E-state index contributed by atoms with van der Waals surface area (Å²) in [6.45, 7) is 4.21. The van der Waals surface area contributed by atoms with Crippen molar-refractivity contribution in [2.75, 3.05) is 26.7 Å². The number of likely N-dealkylation sites (tertiary alicyclic amines) is 1. The summed E-state index contributed by atoms with van der Waals surface area (Å²) >= 11 is 0. The Morgan fingerprint density at radius 1 is 1.27 bits per heavy atom. The summed E-state index contributed by atoms with van der Waals surface area (Å²) in [5.74, 6) is -0.0797. The summed E-state index contributed by atoms with van der Waals surface area (Å²) < 4.78 is 0. The van der Waals surface area contributed by atoms with Crippen LogP contribution in [0.5, 0.6) is 0 Å². The SMILES string of the molecule is C[C@H](c1ccccc1)N(C)C(=O)C[NH+]1CCC(C(N)=O)CC1. The predicted molar refractivity (Wildman–Crippen MR) is 85.1 cm³/mol. The molecule has 2 amide bonds. The second-order valence-corrected chi connectivity index (χ2v) is 6.19. The third kappa shape index (κ3) is 4.07. The number of hydrogen-bond donors (Lipinski definition) is 2. The molecule has 1 aliphatic heterocycles. The number of quaternary nitrogens is 1. The summed E-state index contributed by atoms with van der Waals surface area (Å²) in [6.07, 6.45) is 1.58. The fraction of sp³-hybridized carbons (Fsp3) is 0.529. The van der Waals surface area contributed by atoms with E-state index in [0.29, 0.717) is 6.54 Å². The molecular formula is C17H26N3O2+. The maximum atomic E-state index is 12.5. The number of primary amides is 1. The summed E-state index contributed by atoms with van der Waals surface area (Å²) in [6, 6.07) is 10.1. The van der Waals surface area contributed by atoms with Crippen LogP contribution in [-0.2, 0) is 9.59 Å². The maximum absolute atomic E-state index is 12.5. The fourth-order valence-electron chi connectivity index (χ4n) is 3.00. The number of likely N-dealkylation sites (N-methyl/N-ethyl adjacent to an activating group) is 1. The molecule has 1 aromatic carbocycles. The molecule has 1 heterocycles. The van der Waals surface area contributed by atoms with Gasteiger partial charge in [0.15, 0.2) is 6.54 Å². The molecular weight excluding hydrogens is 278 g/mol. The minimum atomic E-state index is -0.208. The van der Waals surface area contributed by atoms with Crippen LogP contribution in [0.1, 0.15) is 31.4 Å². The molecule has 22 heavy (non-hydrogen) atoms. The topological polar surface area (TPSA) is 67.8 Å². The first-order valence-electron chi connectivity index (χ1n) is 7.92. The fourth-order valence-corrected chi connectivity index (χ4v) is 3.00. The molecule has 1 aromatic rings. The van der Waals surface area contributed by atoms with E-state index in [1.807, 2.05) is 49.2 Å². The van der Waals surface area contributed by atoms with Crippen LogP contribution in [0.25, 0.3) is 0 Å². The highest BCUT2D eigenvalue weighted by Gasteiger charge is 2.28. The Morgan fingerprint density at radius 3 is 2.41 bits per heavy atom. The molecule has 0 spiro atoms. The van der Waals surface area contributed by atoms with E-state index in [9.17, 15) is 9.59 Å². The molecule has 0 aliphatic carbocycles. The highest BCUT2D eigenvalue weighted by Crippen LogP contribution is 2.17. The third-order valence-corrected chi connectivity index (χ3v) is 4.75. The number of benzene rings is 1. The van der Waals surface area contributed by atoms with Crippen molar-refractivity contribution >= 4 is 11.8 Å². The summed E-state index contributed by atoms with van der Waals surface area (Å²) in [5, 5.41) is 0. The third-order valence-electron chi connectivity index (χ3n) is 4.75. The smallest absolute Gasteiger partial charge is 0.278 e.